The molecule has 1 N–H and O–H groups in total. The number of nitrogens with one attached hydrogen (secondary N) is 1. The van der Waals surface area contributed by atoms with Gasteiger partial charge in [-0.25, -0.2) is 9.97 Å². The van der Waals surface area contributed by atoms with Crippen LogP contribution in [0.15, 0.2) is 17.8 Å². The monoisotopic (exact) mass is 370 g/mol. The summed E-state index contributed by atoms with van der Waals surface area (Å²) in [4.78, 5) is 27.3. The minimum atomic E-state index is 0.135. The lowest BCUT2D eigenvalue weighted by Gasteiger charge is -2.27. The first-order valence-corrected chi connectivity index (χ1v) is 10.3. The lowest BCUT2D eigenvalue weighted by Crippen LogP contribution is -2.38. The van der Waals surface area contributed by atoms with Gasteiger partial charge in [0, 0.05) is 22.8 Å². The molecule has 3 aromatic rings. The summed E-state index contributed by atoms with van der Waals surface area (Å²) in [5.74, 6) is 0.946. The maximum Gasteiger partial charge on any atom is 0.242 e. The van der Waals surface area contributed by atoms with Crippen LogP contribution in [0.5, 0.6) is 0 Å². The Kier molecular flexibility index (Phi) is 3.71. The first-order valence-electron chi connectivity index (χ1n) is 8.62. The first-order chi connectivity index (χ1) is 12.3. The molecule has 128 valence electrons. The van der Waals surface area contributed by atoms with Crippen LogP contribution in [-0.4, -0.2) is 33.9 Å². The van der Waals surface area contributed by atoms with Gasteiger partial charge in [0.2, 0.25) is 5.91 Å². The Hall–Kier alpha value is -1.99. The highest BCUT2D eigenvalue weighted by Gasteiger charge is 2.23. The minimum absolute atomic E-state index is 0.135. The van der Waals surface area contributed by atoms with E-state index in [4.69, 9.17) is 0 Å². The van der Waals surface area contributed by atoms with Crippen molar-refractivity contribution in [3.63, 3.8) is 0 Å². The maximum absolute atomic E-state index is 12.6. The van der Waals surface area contributed by atoms with E-state index < -0.39 is 0 Å². The van der Waals surface area contributed by atoms with Crippen LogP contribution < -0.4 is 5.32 Å². The minimum Gasteiger partial charge on any atom is -0.360 e. The fourth-order valence-corrected chi connectivity index (χ4v) is 5.91. The molecule has 0 radical (unpaired) electrons. The Labute approximate surface area is 153 Å². The number of hydrogen-bond donors (Lipinski definition) is 1. The molecule has 0 saturated heterocycles. The standard InChI is InChI=1S/C18H18N4OS2/c23-15(22-6-4-13-11(9-22)5-7-24-13)8-19-17-16-12-2-1-3-14(12)25-18(16)21-10-20-17/h5,7,10H,1-4,6,8-9H2,(H,19,20,21). The lowest BCUT2D eigenvalue weighted by atomic mass is 10.1. The Bertz CT molecular complexity index is 961. The highest BCUT2D eigenvalue weighted by molar-refractivity contribution is 7.19. The van der Waals surface area contributed by atoms with E-state index in [1.165, 1.54) is 27.3 Å². The molecule has 0 atom stereocenters. The lowest BCUT2D eigenvalue weighted by molar-refractivity contribution is -0.130. The fourth-order valence-electron chi connectivity index (χ4n) is 3.80. The van der Waals surface area contributed by atoms with Crippen LogP contribution in [0.4, 0.5) is 5.82 Å². The molecule has 4 heterocycles. The number of amides is 1. The van der Waals surface area contributed by atoms with Gasteiger partial charge in [0.15, 0.2) is 0 Å². The zero-order valence-corrected chi connectivity index (χ0v) is 15.4. The molecule has 0 spiro atoms. The van der Waals surface area contributed by atoms with E-state index in [1.54, 1.807) is 29.0 Å². The van der Waals surface area contributed by atoms with Crippen LogP contribution in [0.3, 0.4) is 0 Å². The third-order valence-electron chi connectivity index (χ3n) is 5.07. The van der Waals surface area contributed by atoms with Crippen LogP contribution >= 0.6 is 22.7 Å². The molecular weight excluding hydrogens is 352 g/mol. The van der Waals surface area contributed by atoms with Gasteiger partial charge >= 0.3 is 0 Å². The van der Waals surface area contributed by atoms with Crippen molar-refractivity contribution in [3.8, 4) is 0 Å². The molecule has 1 aliphatic heterocycles. The summed E-state index contributed by atoms with van der Waals surface area (Å²) in [7, 11) is 0. The second-order valence-corrected chi connectivity index (χ2v) is 8.63. The molecule has 7 heteroatoms. The molecular formula is C18H18N4OS2. The summed E-state index contributed by atoms with van der Waals surface area (Å²) < 4.78 is 0. The topological polar surface area (TPSA) is 58.1 Å². The number of carbonyl (C=O) groups excluding carboxylic acids is 1. The van der Waals surface area contributed by atoms with Crippen LogP contribution in [-0.2, 0) is 30.6 Å². The average Bonchev–Trinajstić information content (AvgIpc) is 3.33. The number of nitrogens with zero attached hydrogens (tertiary/aromatic N) is 3. The Balaban J connectivity index is 1.33. The quantitative estimate of drug-likeness (QED) is 0.769. The zero-order valence-electron chi connectivity index (χ0n) is 13.7. The highest BCUT2D eigenvalue weighted by Crippen LogP contribution is 2.38. The molecule has 0 saturated carbocycles. The Morgan fingerprint density at radius 2 is 2.20 bits per heavy atom. The summed E-state index contributed by atoms with van der Waals surface area (Å²) >= 11 is 3.56. The summed E-state index contributed by atoms with van der Waals surface area (Å²) in [6.45, 7) is 1.82. The van der Waals surface area contributed by atoms with Crippen LogP contribution in [0.1, 0.15) is 27.3 Å². The van der Waals surface area contributed by atoms with Crippen molar-refractivity contribution in [1.82, 2.24) is 14.9 Å². The van der Waals surface area contributed by atoms with Gasteiger partial charge in [0.05, 0.1) is 11.9 Å². The molecule has 1 amide bonds. The van der Waals surface area contributed by atoms with Gasteiger partial charge < -0.3 is 10.2 Å². The first kappa shape index (κ1) is 15.3. The van der Waals surface area contributed by atoms with E-state index in [-0.39, 0.29) is 12.5 Å². The number of carbonyl (C=O) groups is 1. The molecule has 25 heavy (non-hydrogen) atoms. The molecule has 0 fully saturated rings. The van der Waals surface area contributed by atoms with Crippen LogP contribution in [0.25, 0.3) is 10.2 Å². The second kappa shape index (κ2) is 6.07. The van der Waals surface area contributed by atoms with E-state index in [1.807, 2.05) is 4.90 Å². The number of fused-ring (bicyclic) bond motifs is 4. The van der Waals surface area contributed by atoms with E-state index in [2.05, 4.69) is 26.7 Å². The van der Waals surface area contributed by atoms with Gasteiger partial charge in [-0.05, 0) is 48.3 Å². The summed E-state index contributed by atoms with van der Waals surface area (Å²) in [5, 5.41) is 6.53. The second-order valence-electron chi connectivity index (χ2n) is 6.55. The van der Waals surface area contributed by atoms with Crippen LogP contribution in [0.2, 0.25) is 0 Å². The molecule has 2 aliphatic rings. The predicted octanol–water partition coefficient (Wildman–Crippen LogP) is 3.24. The molecule has 0 bridgehead atoms. The number of rotatable bonds is 3. The van der Waals surface area contributed by atoms with Crippen LogP contribution in [0, 0.1) is 0 Å². The third-order valence-corrected chi connectivity index (χ3v) is 7.29. The Morgan fingerprint density at radius 3 is 3.16 bits per heavy atom. The summed E-state index contributed by atoms with van der Waals surface area (Å²) in [6, 6.07) is 2.13. The number of thiophene rings is 2. The molecule has 3 aromatic heterocycles. The normalized spacial score (nSPS) is 16.1. The van der Waals surface area contributed by atoms with Crippen molar-refractivity contribution in [2.75, 3.05) is 18.4 Å². The molecule has 0 unspecified atom stereocenters. The van der Waals surface area contributed by atoms with Gasteiger partial charge in [-0.2, -0.15) is 0 Å². The average molecular weight is 371 g/mol. The SMILES string of the molecule is O=C(CNc1ncnc2sc3c(c12)CCC3)N1CCc2sccc2C1. The largest absolute Gasteiger partial charge is 0.360 e. The Morgan fingerprint density at radius 1 is 1.24 bits per heavy atom. The van der Waals surface area contributed by atoms with Gasteiger partial charge in [-0.3, -0.25) is 4.79 Å². The van der Waals surface area contributed by atoms with Gasteiger partial charge in [-0.15, -0.1) is 22.7 Å². The van der Waals surface area contributed by atoms with Crippen molar-refractivity contribution in [2.45, 2.75) is 32.2 Å². The van der Waals surface area contributed by atoms with Crippen molar-refractivity contribution in [3.05, 3.63) is 38.7 Å². The highest BCUT2D eigenvalue weighted by atomic mass is 32.1. The molecule has 5 rings (SSSR count). The summed E-state index contributed by atoms with van der Waals surface area (Å²) in [6.07, 6.45) is 6.01. The smallest absolute Gasteiger partial charge is 0.242 e. The molecule has 0 aromatic carbocycles. The zero-order chi connectivity index (χ0) is 16.8. The van der Waals surface area contributed by atoms with Crippen molar-refractivity contribution in [2.24, 2.45) is 0 Å². The summed E-state index contributed by atoms with van der Waals surface area (Å²) in [5.41, 5.74) is 2.68. The number of aryl methyl sites for hydroxylation is 2. The van der Waals surface area contributed by atoms with Gasteiger partial charge in [-0.1, -0.05) is 0 Å². The number of hydrogen-bond acceptors (Lipinski definition) is 6. The molecule has 5 nitrogen and oxygen atoms in total. The van der Waals surface area contributed by atoms with Gasteiger partial charge in [0.1, 0.15) is 17.0 Å². The third kappa shape index (κ3) is 2.62. The number of anilines is 1. The fraction of sp³-hybridized carbons (Fsp3) is 0.389. The predicted molar refractivity (Wildman–Crippen MR) is 101 cm³/mol. The van der Waals surface area contributed by atoms with Crippen molar-refractivity contribution >= 4 is 44.6 Å². The van der Waals surface area contributed by atoms with Crippen molar-refractivity contribution < 1.29 is 4.79 Å². The van der Waals surface area contributed by atoms with E-state index >= 15 is 0 Å². The van der Waals surface area contributed by atoms with Gasteiger partial charge in [0.25, 0.3) is 0 Å². The van der Waals surface area contributed by atoms with Crippen molar-refractivity contribution in [1.29, 1.82) is 0 Å². The van der Waals surface area contributed by atoms with E-state index in [0.29, 0.717) is 0 Å². The van der Waals surface area contributed by atoms with E-state index in [0.717, 1.165) is 48.4 Å². The van der Waals surface area contributed by atoms with E-state index in [9.17, 15) is 4.79 Å². The maximum atomic E-state index is 12.6. The molecule has 1 aliphatic carbocycles. The number of aromatic nitrogens is 2.